The molecule has 0 amide bonds. The lowest BCUT2D eigenvalue weighted by Gasteiger charge is -2.11. The molecule has 6 heteroatoms. The number of hydrogen-bond acceptors (Lipinski definition) is 4. The van der Waals surface area contributed by atoms with Crippen molar-refractivity contribution in [1.29, 1.82) is 5.26 Å². The predicted molar refractivity (Wildman–Crippen MR) is 67.4 cm³/mol. The molecule has 0 saturated heterocycles. The molecular weight excluding hydrogens is 238 g/mol. The van der Waals surface area contributed by atoms with E-state index in [4.69, 9.17) is 16.1 Å². The quantitative estimate of drug-likeness (QED) is 0.792. The van der Waals surface area contributed by atoms with Crippen LogP contribution in [0.4, 0.5) is 5.69 Å². The second-order valence-corrected chi connectivity index (χ2v) is 5.50. The number of rotatable bonds is 3. The smallest absolute Gasteiger partial charge is 0.240 e. The van der Waals surface area contributed by atoms with Crippen LogP contribution < -0.4 is 10.9 Å². The number of benzene rings is 1. The van der Waals surface area contributed by atoms with E-state index in [0.29, 0.717) is 5.92 Å². The molecule has 17 heavy (non-hydrogen) atoms. The molecule has 0 spiro atoms. The lowest BCUT2D eigenvalue weighted by Crippen LogP contribution is -2.15. The normalized spacial score (nSPS) is 10.7. The molecule has 1 rings (SSSR count). The Morgan fingerprint density at radius 2 is 1.88 bits per heavy atom. The molecule has 1 aromatic carbocycles. The summed E-state index contributed by atoms with van der Waals surface area (Å²) in [5, 5.41) is 11.5. The van der Waals surface area contributed by atoms with Crippen molar-refractivity contribution in [3.05, 3.63) is 23.8 Å². The Morgan fingerprint density at radius 1 is 1.35 bits per heavy atom. The lowest BCUT2D eigenvalue weighted by molar-refractivity contribution is 0.597. The van der Waals surface area contributed by atoms with E-state index in [1.165, 1.54) is 6.07 Å². The average molecular weight is 255 g/mol. The minimum atomic E-state index is -3.72. The standard InChI is InChI=1S/C10H16N2O2S.CHN/c1-7(2)6-8-4-3-5-9(10(8)11)15(12,13)14;1-2/h3-5,7H,6,11H2,1-2H3,(H2,12,13,14);1H. The first-order chi connectivity index (χ1) is 7.82. The van der Waals surface area contributed by atoms with Gasteiger partial charge in [-0.2, -0.15) is 0 Å². The third-order valence-corrected chi connectivity index (χ3v) is 3.06. The first-order valence-electron chi connectivity index (χ1n) is 4.98. The highest BCUT2D eigenvalue weighted by atomic mass is 32.2. The Balaban J connectivity index is 0.00000121. The first kappa shape index (κ1) is 15.4. The zero-order valence-corrected chi connectivity index (χ0v) is 10.7. The molecular formula is C11H17N3O2S. The van der Waals surface area contributed by atoms with Crippen LogP contribution in [0.1, 0.15) is 19.4 Å². The van der Waals surface area contributed by atoms with Crippen molar-refractivity contribution in [2.24, 2.45) is 11.1 Å². The van der Waals surface area contributed by atoms with Gasteiger partial charge < -0.3 is 5.73 Å². The van der Waals surface area contributed by atoms with E-state index in [1.807, 2.05) is 19.9 Å². The summed E-state index contributed by atoms with van der Waals surface area (Å²) < 4.78 is 22.4. The Bertz CT molecular complexity index is 493. The number of hydrogen-bond donors (Lipinski definition) is 2. The number of anilines is 1. The Morgan fingerprint density at radius 3 is 2.29 bits per heavy atom. The fraction of sp³-hybridized carbons (Fsp3) is 0.364. The monoisotopic (exact) mass is 255 g/mol. The molecule has 0 unspecified atom stereocenters. The minimum Gasteiger partial charge on any atom is -0.397 e. The van der Waals surface area contributed by atoms with Crippen LogP contribution in [0.3, 0.4) is 0 Å². The molecule has 0 heterocycles. The molecule has 4 N–H and O–H groups in total. The lowest BCUT2D eigenvalue weighted by atomic mass is 10.0. The molecule has 0 saturated carbocycles. The summed E-state index contributed by atoms with van der Waals surface area (Å²) in [5.74, 6) is 0.419. The molecule has 0 atom stereocenters. The van der Waals surface area contributed by atoms with Crippen molar-refractivity contribution >= 4 is 15.7 Å². The highest BCUT2D eigenvalue weighted by molar-refractivity contribution is 7.89. The molecule has 0 aliphatic carbocycles. The predicted octanol–water partition coefficient (Wildman–Crippen LogP) is 1.25. The van der Waals surface area contributed by atoms with Gasteiger partial charge in [-0.25, -0.2) is 18.8 Å². The van der Waals surface area contributed by atoms with Gasteiger partial charge in [0.05, 0.1) is 5.69 Å². The summed E-state index contributed by atoms with van der Waals surface area (Å²) >= 11 is 0. The second kappa shape index (κ2) is 6.23. The number of nitrogen functional groups attached to an aromatic ring is 1. The molecule has 0 aliphatic heterocycles. The Labute approximate surface area is 102 Å². The third-order valence-electron chi connectivity index (χ3n) is 2.09. The Hall–Kier alpha value is -1.58. The van der Waals surface area contributed by atoms with Crippen molar-refractivity contribution in [2.45, 2.75) is 25.2 Å². The maximum Gasteiger partial charge on any atom is 0.240 e. The van der Waals surface area contributed by atoms with Gasteiger partial charge in [-0.05, 0) is 24.0 Å². The molecule has 1 aromatic rings. The molecule has 94 valence electrons. The van der Waals surface area contributed by atoms with E-state index >= 15 is 0 Å². The summed E-state index contributed by atoms with van der Waals surface area (Å²) in [6, 6.07) is 4.91. The minimum absolute atomic E-state index is 0.0145. The van der Waals surface area contributed by atoms with Gasteiger partial charge in [-0.3, -0.25) is 0 Å². The van der Waals surface area contributed by atoms with E-state index in [2.05, 4.69) is 6.57 Å². The highest BCUT2D eigenvalue weighted by Gasteiger charge is 2.14. The van der Waals surface area contributed by atoms with Crippen molar-refractivity contribution in [2.75, 3.05) is 5.73 Å². The van der Waals surface area contributed by atoms with Crippen LogP contribution in [0, 0.1) is 17.8 Å². The average Bonchev–Trinajstić information content (AvgIpc) is 2.22. The van der Waals surface area contributed by atoms with Gasteiger partial charge >= 0.3 is 0 Å². The summed E-state index contributed by atoms with van der Waals surface area (Å²) in [6.07, 6.45) is 0.745. The molecule has 0 fully saturated rings. The maximum absolute atomic E-state index is 11.2. The molecule has 0 bridgehead atoms. The van der Waals surface area contributed by atoms with Crippen LogP contribution in [-0.2, 0) is 16.4 Å². The van der Waals surface area contributed by atoms with Crippen LogP contribution in [0.15, 0.2) is 23.1 Å². The van der Waals surface area contributed by atoms with E-state index in [-0.39, 0.29) is 10.6 Å². The largest absolute Gasteiger partial charge is 0.397 e. The van der Waals surface area contributed by atoms with Crippen LogP contribution in [0.2, 0.25) is 0 Å². The van der Waals surface area contributed by atoms with E-state index in [0.717, 1.165) is 12.0 Å². The molecule has 5 nitrogen and oxygen atoms in total. The van der Waals surface area contributed by atoms with Crippen molar-refractivity contribution in [1.82, 2.24) is 0 Å². The highest BCUT2D eigenvalue weighted by Crippen LogP contribution is 2.23. The maximum atomic E-state index is 11.2. The van der Waals surface area contributed by atoms with Crippen molar-refractivity contribution in [3.8, 4) is 6.57 Å². The van der Waals surface area contributed by atoms with Crippen LogP contribution in [-0.4, -0.2) is 8.42 Å². The fourth-order valence-electron chi connectivity index (χ4n) is 1.46. The number of sulfonamides is 1. The summed E-state index contributed by atoms with van der Waals surface area (Å²) in [6.45, 7) is 7.59. The van der Waals surface area contributed by atoms with Crippen molar-refractivity contribution < 1.29 is 8.42 Å². The van der Waals surface area contributed by atoms with Crippen LogP contribution in [0.5, 0.6) is 0 Å². The van der Waals surface area contributed by atoms with Gasteiger partial charge in [0.2, 0.25) is 10.0 Å². The van der Waals surface area contributed by atoms with Gasteiger partial charge in [-0.1, -0.05) is 26.0 Å². The van der Waals surface area contributed by atoms with E-state index < -0.39 is 10.0 Å². The third kappa shape index (κ3) is 4.43. The van der Waals surface area contributed by atoms with Gasteiger partial charge in [0.1, 0.15) is 4.90 Å². The van der Waals surface area contributed by atoms with E-state index in [9.17, 15) is 8.42 Å². The van der Waals surface area contributed by atoms with Crippen LogP contribution >= 0.6 is 0 Å². The molecule has 0 aromatic heterocycles. The molecule has 0 radical (unpaired) electrons. The van der Waals surface area contributed by atoms with Gasteiger partial charge in [0, 0.05) is 6.57 Å². The second-order valence-electron chi connectivity index (χ2n) is 3.97. The number of para-hydroxylation sites is 1. The summed E-state index contributed by atoms with van der Waals surface area (Å²) in [4.78, 5) is 0.0145. The Kier molecular flexibility index (Phi) is 5.65. The fourth-order valence-corrected chi connectivity index (χ4v) is 2.16. The zero-order chi connectivity index (χ0) is 13.6. The topological polar surface area (TPSA) is 110 Å². The molecule has 0 aliphatic rings. The van der Waals surface area contributed by atoms with Crippen molar-refractivity contribution in [3.63, 3.8) is 0 Å². The number of nitriles is 1. The zero-order valence-electron chi connectivity index (χ0n) is 9.92. The first-order valence-corrected chi connectivity index (χ1v) is 6.53. The SMILES string of the molecule is C#N.CC(C)Cc1cccc(S(N)(=O)=O)c1N. The van der Waals surface area contributed by atoms with Gasteiger partial charge in [0.15, 0.2) is 0 Å². The number of nitrogens with zero attached hydrogens (tertiary/aromatic N) is 1. The van der Waals surface area contributed by atoms with Crippen LogP contribution in [0.25, 0.3) is 0 Å². The van der Waals surface area contributed by atoms with Gasteiger partial charge in [-0.15, -0.1) is 0 Å². The van der Waals surface area contributed by atoms with Gasteiger partial charge in [0.25, 0.3) is 0 Å². The van der Waals surface area contributed by atoms with E-state index in [1.54, 1.807) is 6.07 Å². The summed E-state index contributed by atoms with van der Waals surface area (Å²) in [7, 11) is -3.72. The number of nitrogens with two attached hydrogens (primary N) is 2. The number of primary sulfonamides is 1. The summed E-state index contributed by atoms with van der Waals surface area (Å²) in [5.41, 5.74) is 6.86.